The normalized spacial score (nSPS) is 9.95. The van der Waals surface area contributed by atoms with Gasteiger partial charge in [-0.2, -0.15) is 0 Å². The van der Waals surface area contributed by atoms with E-state index in [1.54, 1.807) is 12.1 Å². The second-order valence-corrected chi connectivity index (χ2v) is 3.65. The number of nitrogens with one attached hydrogen (secondary N) is 1. The molecule has 1 amide bonds. The van der Waals surface area contributed by atoms with Crippen LogP contribution in [0.15, 0.2) is 42.7 Å². The number of hydrogen-bond donors (Lipinski definition) is 1. The molecule has 1 aromatic carbocycles. The molecule has 0 saturated heterocycles. The van der Waals surface area contributed by atoms with Gasteiger partial charge in [0.05, 0.1) is 18.1 Å². The number of carbonyl (C=O) groups is 1. The SMILES string of the molecule is COCC(=O)Nc1cnc(Oc2ccccc2)nc1. The summed E-state index contributed by atoms with van der Waals surface area (Å²) in [6.45, 7) is -0.0116. The maximum atomic E-state index is 11.3. The molecular weight excluding hydrogens is 246 g/mol. The van der Waals surface area contributed by atoms with Crippen molar-refractivity contribution in [2.45, 2.75) is 0 Å². The summed E-state index contributed by atoms with van der Waals surface area (Å²) >= 11 is 0. The lowest BCUT2D eigenvalue weighted by Crippen LogP contribution is -2.17. The van der Waals surface area contributed by atoms with Gasteiger partial charge in [-0.3, -0.25) is 4.79 Å². The van der Waals surface area contributed by atoms with E-state index in [1.807, 2.05) is 18.2 Å². The van der Waals surface area contributed by atoms with Gasteiger partial charge in [0.15, 0.2) is 0 Å². The number of carbonyl (C=O) groups excluding carboxylic acids is 1. The number of nitrogens with zero attached hydrogens (tertiary/aromatic N) is 2. The van der Waals surface area contributed by atoms with Crippen LogP contribution < -0.4 is 10.1 Å². The van der Waals surface area contributed by atoms with Gasteiger partial charge in [-0.05, 0) is 12.1 Å². The molecule has 1 N–H and O–H groups in total. The third-order valence-corrected chi connectivity index (χ3v) is 2.14. The van der Waals surface area contributed by atoms with Crippen molar-refractivity contribution < 1.29 is 14.3 Å². The largest absolute Gasteiger partial charge is 0.424 e. The molecule has 6 heteroatoms. The molecule has 0 saturated carbocycles. The summed E-state index contributed by atoms with van der Waals surface area (Å²) in [6.07, 6.45) is 2.94. The molecule has 6 nitrogen and oxygen atoms in total. The molecule has 0 aliphatic carbocycles. The molecule has 0 radical (unpaired) electrons. The summed E-state index contributed by atoms with van der Waals surface area (Å²) in [7, 11) is 1.45. The Morgan fingerprint density at radius 2 is 1.89 bits per heavy atom. The van der Waals surface area contributed by atoms with E-state index >= 15 is 0 Å². The minimum Gasteiger partial charge on any atom is -0.424 e. The van der Waals surface area contributed by atoms with Crippen molar-refractivity contribution in [2.75, 3.05) is 19.0 Å². The number of aromatic nitrogens is 2. The number of amides is 1. The highest BCUT2D eigenvalue weighted by molar-refractivity contribution is 5.91. The van der Waals surface area contributed by atoms with Crippen LogP contribution in [-0.4, -0.2) is 29.6 Å². The van der Waals surface area contributed by atoms with Gasteiger partial charge >= 0.3 is 6.01 Å². The molecular formula is C13H13N3O3. The van der Waals surface area contributed by atoms with Gasteiger partial charge in [-0.1, -0.05) is 18.2 Å². The monoisotopic (exact) mass is 259 g/mol. The standard InChI is InChI=1S/C13H13N3O3/c1-18-9-12(17)16-10-7-14-13(15-8-10)19-11-5-3-2-4-6-11/h2-8H,9H2,1H3,(H,16,17). The van der Waals surface area contributed by atoms with Crippen molar-refractivity contribution >= 4 is 11.6 Å². The molecule has 2 rings (SSSR count). The number of methoxy groups -OCH3 is 1. The highest BCUT2D eigenvalue weighted by Gasteiger charge is 2.04. The van der Waals surface area contributed by atoms with Gasteiger partial charge in [0, 0.05) is 7.11 Å². The van der Waals surface area contributed by atoms with E-state index in [-0.39, 0.29) is 18.5 Å². The summed E-state index contributed by atoms with van der Waals surface area (Å²) in [5, 5.41) is 2.59. The zero-order valence-corrected chi connectivity index (χ0v) is 10.4. The first kappa shape index (κ1) is 13.0. The summed E-state index contributed by atoms with van der Waals surface area (Å²) in [5.74, 6) is 0.390. The van der Waals surface area contributed by atoms with E-state index in [0.29, 0.717) is 11.4 Å². The summed E-state index contributed by atoms with van der Waals surface area (Å²) in [4.78, 5) is 19.3. The van der Waals surface area contributed by atoms with Crippen molar-refractivity contribution in [2.24, 2.45) is 0 Å². The molecule has 2 aromatic rings. The number of hydrogen-bond acceptors (Lipinski definition) is 5. The quantitative estimate of drug-likeness (QED) is 0.887. The molecule has 1 heterocycles. The van der Waals surface area contributed by atoms with Crippen LogP contribution in [0.2, 0.25) is 0 Å². The fourth-order valence-corrected chi connectivity index (χ4v) is 1.36. The predicted octanol–water partition coefficient (Wildman–Crippen LogP) is 1.85. The first-order chi connectivity index (χ1) is 9.28. The highest BCUT2D eigenvalue weighted by atomic mass is 16.5. The van der Waals surface area contributed by atoms with Gasteiger partial charge in [0.2, 0.25) is 5.91 Å². The molecule has 0 unspecified atom stereocenters. The Balaban J connectivity index is 1.97. The maximum absolute atomic E-state index is 11.3. The topological polar surface area (TPSA) is 73.3 Å². The second-order valence-electron chi connectivity index (χ2n) is 3.65. The fraction of sp³-hybridized carbons (Fsp3) is 0.154. The van der Waals surface area contributed by atoms with E-state index in [1.165, 1.54) is 19.5 Å². The minimum atomic E-state index is -0.261. The van der Waals surface area contributed by atoms with Gasteiger partial charge in [-0.15, -0.1) is 0 Å². The first-order valence-corrected chi connectivity index (χ1v) is 5.61. The Morgan fingerprint density at radius 3 is 2.53 bits per heavy atom. The van der Waals surface area contributed by atoms with Crippen molar-refractivity contribution in [3.63, 3.8) is 0 Å². The number of rotatable bonds is 5. The van der Waals surface area contributed by atoms with Crippen molar-refractivity contribution in [1.82, 2.24) is 9.97 Å². The van der Waals surface area contributed by atoms with Crippen LogP contribution in [0.25, 0.3) is 0 Å². The van der Waals surface area contributed by atoms with Crippen molar-refractivity contribution in [3.8, 4) is 11.8 Å². The molecule has 0 spiro atoms. The van der Waals surface area contributed by atoms with Gasteiger partial charge in [0.1, 0.15) is 12.4 Å². The summed E-state index contributed by atoms with van der Waals surface area (Å²) in [6, 6.07) is 9.43. The Labute approximate surface area is 110 Å². The molecule has 19 heavy (non-hydrogen) atoms. The summed E-state index contributed by atoms with van der Waals surface area (Å²) in [5.41, 5.74) is 0.488. The Kier molecular flexibility index (Phi) is 4.41. The van der Waals surface area contributed by atoms with Crippen molar-refractivity contribution in [1.29, 1.82) is 0 Å². The average molecular weight is 259 g/mol. The lowest BCUT2D eigenvalue weighted by Gasteiger charge is -2.05. The molecule has 1 aromatic heterocycles. The van der Waals surface area contributed by atoms with E-state index in [4.69, 9.17) is 9.47 Å². The third-order valence-electron chi connectivity index (χ3n) is 2.14. The Bertz CT molecular complexity index is 529. The van der Waals surface area contributed by atoms with E-state index in [2.05, 4.69) is 15.3 Å². The highest BCUT2D eigenvalue weighted by Crippen LogP contribution is 2.16. The van der Waals surface area contributed by atoms with Crippen molar-refractivity contribution in [3.05, 3.63) is 42.7 Å². The zero-order chi connectivity index (χ0) is 13.5. The number of anilines is 1. The lowest BCUT2D eigenvalue weighted by atomic mass is 10.3. The van der Waals surface area contributed by atoms with Crippen LogP contribution in [0.3, 0.4) is 0 Å². The van der Waals surface area contributed by atoms with E-state index in [0.717, 1.165) is 0 Å². The molecule has 0 bridgehead atoms. The maximum Gasteiger partial charge on any atom is 0.322 e. The number of benzene rings is 1. The van der Waals surface area contributed by atoms with Crippen LogP contribution in [0, 0.1) is 0 Å². The van der Waals surface area contributed by atoms with E-state index in [9.17, 15) is 4.79 Å². The van der Waals surface area contributed by atoms with Crippen LogP contribution in [-0.2, 0) is 9.53 Å². The number of ether oxygens (including phenoxy) is 2. The number of para-hydroxylation sites is 1. The smallest absolute Gasteiger partial charge is 0.322 e. The summed E-state index contributed by atoms with van der Waals surface area (Å²) < 4.78 is 10.1. The molecule has 98 valence electrons. The minimum absolute atomic E-state index is 0.0116. The Morgan fingerprint density at radius 1 is 1.21 bits per heavy atom. The van der Waals surface area contributed by atoms with Crippen LogP contribution in [0.4, 0.5) is 5.69 Å². The lowest BCUT2D eigenvalue weighted by molar-refractivity contribution is -0.119. The zero-order valence-electron chi connectivity index (χ0n) is 10.4. The van der Waals surface area contributed by atoms with Crippen LogP contribution in [0.5, 0.6) is 11.8 Å². The van der Waals surface area contributed by atoms with Gasteiger partial charge < -0.3 is 14.8 Å². The van der Waals surface area contributed by atoms with Crippen LogP contribution in [0.1, 0.15) is 0 Å². The average Bonchev–Trinajstić information content (AvgIpc) is 2.42. The Hall–Kier alpha value is -2.47. The van der Waals surface area contributed by atoms with Gasteiger partial charge in [-0.25, -0.2) is 9.97 Å². The molecule has 0 aliphatic heterocycles. The fourth-order valence-electron chi connectivity index (χ4n) is 1.36. The third kappa shape index (κ3) is 4.04. The first-order valence-electron chi connectivity index (χ1n) is 5.61. The molecule has 0 atom stereocenters. The molecule has 0 fully saturated rings. The molecule has 0 aliphatic rings. The van der Waals surface area contributed by atoms with E-state index < -0.39 is 0 Å². The predicted molar refractivity (Wildman–Crippen MR) is 69.1 cm³/mol. The van der Waals surface area contributed by atoms with Crippen LogP contribution >= 0.6 is 0 Å². The second kappa shape index (κ2) is 6.46. The van der Waals surface area contributed by atoms with Gasteiger partial charge in [0.25, 0.3) is 0 Å².